The summed E-state index contributed by atoms with van der Waals surface area (Å²) in [7, 11) is 0. The quantitative estimate of drug-likeness (QED) is 0.616. The van der Waals surface area contributed by atoms with Gasteiger partial charge in [-0.2, -0.15) is 0 Å². The third-order valence-electron chi connectivity index (χ3n) is 3.00. The summed E-state index contributed by atoms with van der Waals surface area (Å²) in [6.07, 6.45) is 0. The van der Waals surface area contributed by atoms with Gasteiger partial charge in [-0.15, -0.1) is 11.8 Å². The summed E-state index contributed by atoms with van der Waals surface area (Å²) in [5, 5.41) is 0.994. The van der Waals surface area contributed by atoms with Crippen molar-refractivity contribution >= 4 is 46.8 Å². The third-order valence-corrected chi connectivity index (χ3v) is 4.73. The van der Waals surface area contributed by atoms with E-state index in [1.165, 1.54) is 23.9 Å². The SMILES string of the molecule is Cc1ccc(C(=O)NNC(=O)CSc2cc(Cl)ccc2Cl)cc1F. The molecule has 2 rings (SSSR count). The fraction of sp³-hybridized carbons (Fsp3) is 0.125. The van der Waals surface area contributed by atoms with Crippen LogP contribution in [-0.2, 0) is 4.79 Å². The Morgan fingerprint density at radius 3 is 2.58 bits per heavy atom. The van der Waals surface area contributed by atoms with Crippen LogP contribution in [0.3, 0.4) is 0 Å². The molecule has 0 unspecified atom stereocenters. The molecule has 0 aliphatic heterocycles. The van der Waals surface area contributed by atoms with E-state index in [-0.39, 0.29) is 11.3 Å². The van der Waals surface area contributed by atoms with Crippen LogP contribution in [0.4, 0.5) is 4.39 Å². The molecule has 8 heteroatoms. The first-order valence-corrected chi connectivity index (χ1v) is 8.54. The fourth-order valence-corrected chi connectivity index (χ4v) is 2.99. The Kier molecular flexibility index (Phi) is 6.48. The van der Waals surface area contributed by atoms with Gasteiger partial charge in [0, 0.05) is 15.5 Å². The van der Waals surface area contributed by atoms with Crippen molar-refractivity contribution in [1.82, 2.24) is 10.9 Å². The van der Waals surface area contributed by atoms with Gasteiger partial charge >= 0.3 is 0 Å². The van der Waals surface area contributed by atoms with E-state index in [4.69, 9.17) is 23.2 Å². The largest absolute Gasteiger partial charge is 0.272 e. The number of nitrogens with one attached hydrogen (secondary N) is 2. The van der Waals surface area contributed by atoms with Gasteiger partial charge in [-0.3, -0.25) is 20.4 Å². The van der Waals surface area contributed by atoms with E-state index in [1.54, 1.807) is 25.1 Å². The lowest BCUT2D eigenvalue weighted by Gasteiger charge is -2.08. The first-order chi connectivity index (χ1) is 11.4. The normalized spacial score (nSPS) is 10.3. The van der Waals surface area contributed by atoms with Crippen LogP contribution < -0.4 is 10.9 Å². The summed E-state index contributed by atoms with van der Waals surface area (Å²) in [6, 6.07) is 9.00. The van der Waals surface area contributed by atoms with Crippen molar-refractivity contribution in [2.45, 2.75) is 11.8 Å². The molecule has 0 bridgehead atoms. The molecule has 0 spiro atoms. The molecular weight excluding hydrogens is 374 g/mol. The van der Waals surface area contributed by atoms with E-state index in [0.29, 0.717) is 20.5 Å². The molecule has 126 valence electrons. The van der Waals surface area contributed by atoms with Gasteiger partial charge in [0.2, 0.25) is 5.91 Å². The zero-order chi connectivity index (χ0) is 17.7. The first-order valence-electron chi connectivity index (χ1n) is 6.80. The number of halogens is 3. The maximum Gasteiger partial charge on any atom is 0.269 e. The molecule has 2 amide bonds. The van der Waals surface area contributed by atoms with E-state index in [1.807, 2.05) is 0 Å². The Hall–Kier alpha value is -1.76. The number of hydrogen-bond acceptors (Lipinski definition) is 3. The zero-order valence-electron chi connectivity index (χ0n) is 12.5. The minimum atomic E-state index is -0.604. The molecule has 0 heterocycles. The molecule has 0 aromatic heterocycles. The lowest BCUT2D eigenvalue weighted by molar-refractivity contribution is -0.119. The third kappa shape index (κ3) is 5.12. The van der Waals surface area contributed by atoms with Crippen LogP contribution in [0.5, 0.6) is 0 Å². The Labute approximate surface area is 152 Å². The number of carbonyl (C=O) groups is 2. The second-order valence-electron chi connectivity index (χ2n) is 4.83. The van der Waals surface area contributed by atoms with Crippen LogP contribution in [0.2, 0.25) is 10.0 Å². The predicted molar refractivity (Wildman–Crippen MR) is 93.9 cm³/mol. The second kappa shape index (κ2) is 8.37. The average Bonchev–Trinajstić information content (AvgIpc) is 2.56. The van der Waals surface area contributed by atoms with Crippen LogP contribution >= 0.6 is 35.0 Å². The van der Waals surface area contributed by atoms with Crippen molar-refractivity contribution in [2.24, 2.45) is 0 Å². The lowest BCUT2D eigenvalue weighted by atomic mass is 10.1. The highest BCUT2D eigenvalue weighted by Gasteiger charge is 2.10. The predicted octanol–water partition coefficient (Wildman–Crippen LogP) is 3.99. The van der Waals surface area contributed by atoms with E-state index < -0.39 is 17.6 Å². The standard InChI is InChI=1S/C16H13Cl2FN2O2S/c1-9-2-3-10(6-13(9)19)16(23)21-20-15(22)8-24-14-7-11(17)4-5-12(14)18/h2-7H,8H2,1H3,(H,20,22)(H,21,23). The number of benzene rings is 2. The minimum absolute atomic E-state index is 0.0304. The van der Waals surface area contributed by atoms with Gasteiger partial charge in [0.05, 0.1) is 10.8 Å². The van der Waals surface area contributed by atoms with Crippen LogP contribution in [-0.4, -0.2) is 17.6 Å². The topological polar surface area (TPSA) is 58.2 Å². The maximum atomic E-state index is 13.4. The van der Waals surface area contributed by atoms with Gasteiger partial charge in [-0.1, -0.05) is 29.3 Å². The molecule has 0 radical (unpaired) electrons. The monoisotopic (exact) mass is 386 g/mol. The molecule has 4 nitrogen and oxygen atoms in total. The number of thioether (sulfide) groups is 1. The Morgan fingerprint density at radius 1 is 1.12 bits per heavy atom. The number of carbonyl (C=O) groups excluding carboxylic acids is 2. The van der Waals surface area contributed by atoms with Crippen molar-refractivity contribution in [3.63, 3.8) is 0 Å². The minimum Gasteiger partial charge on any atom is -0.272 e. The molecule has 2 aromatic rings. The summed E-state index contributed by atoms with van der Waals surface area (Å²) >= 11 is 13.0. The van der Waals surface area contributed by atoms with Crippen molar-refractivity contribution in [2.75, 3.05) is 5.75 Å². The van der Waals surface area contributed by atoms with Crippen LogP contribution in [0.15, 0.2) is 41.3 Å². The molecule has 0 saturated carbocycles. The number of hydrogen-bond donors (Lipinski definition) is 2. The number of amides is 2. The summed E-state index contributed by atoms with van der Waals surface area (Å²) in [5.41, 5.74) is 5.04. The average molecular weight is 387 g/mol. The number of hydrazine groups is 1. The van der Waals surface area contributed by atoms with E-state index in [9.17, 15) is 14.0 Å². The molecule has 0 atom stereocenters. The summed E-state index contributed by atoms with van der Waals surface area (Å²) in [6.45, 7) is 1.59. The fourth-order valence-electron chi connectivity index (χ4n) is 1.70. The van der Waals surface area contributed by atoms with Gasteiger partial charge in [-0.25, -0.2) is 4.39 Å². The van der Waals surface area contributed by atoms with Crippen molar-refractivity contribution < 1.29 is 14.0 Å². The molecule has 0 aliphatic carbocycles. The van der Waals surface area contributed by atoms with E-state index >= 15 is 0 Å². The maximum absolute atomic E-state index is 13.4. The zero-order valence-corrected chi connectivity index (χ0v) is 14.9. The Bertz CT molecular complexity index is 787. The molecule has 0 fully saturated rings. The van der Waals surface area contributed by atoms with E-state index in [0.717, 1.165) is 6.07 Å². The smallest absolute Gasteiger partial charge is 0.269 e. The van der Waals surface area contributed by atoms with E-state index in [2.05, 4.69) is 10.9 Å². The Balaban J connectivity index is 1.85. The molecule has 2 aromatic carbocycles. The highest BCUT2D eigenvalue weighted by Crippen LogP contribution is 2.29. The highest BCUT2D eigenvalue weighted by atomic mass is 35.5. The molecule has 0 saturated heterocycles. The molecular formula is C16H13Cl2FN2O2S. The summed E-state index contributed by atoms with van der Waals surface area (Å²) in [4.78, 5) is 24.3. The molecule has 24 heavy (non-hydrogen) atoms. The van der Waals surface area contributed by atoms with Crippen molar-refractivity contribution in [3.8, 4) is 0 Å². The highest BCUT2D eigenvalue weighted by molar-refractivity contribution is 8.00. The first kappa shape index (κ1) is 18.6. The van der Waals surface area contributed by atoms with Crippen molar-refractivity contribution in [1.29, 1.82) is 0 Å². The number of aryl methyl sites for hydroxylation is 1. The van der Waals surface area contributed by atoms with Gasteiger partial charge in [0.25, 0.3) is 5.91 Å². The van der Waals surface area contributed by atoms with Crippen LogP contribution in [0, 0.1) is 12.7 Å². The summed E-state index contributed by atoms with van der Waals surface area (Å²) in [5.74, 6) is -1.49. The van der Waals surface area contributed by atoms with Gasteiger partial charge in [-0.05, 0) is 42.8 Å². The van der Waals surface area contributed by atoms with Gasteiger partial charge < -0.3 is 0 Å². The van der Waals surface area contributed by atoms with Crippen LogP contribution in [0.25, 0.3) is 0 Å². The summed E-state index contributed by atoms with van der Waals surface area (Å²) < 4.78 is 13.4. The van der Waals surface area contributed by atoms with Crippen LogP contribution in [0.1, 0.15) is 15.9 Å². The second-order valence-corrected chi connectivity index (χ2v) is 6.69. The van der Waals surface area contributed by atoms with Gasteiger partial charge in [0.1, 0.15) is 5.82 Å². The number of rotatable bonds is 4. The molecule has 2 N–H and O–H groups in total. The Morgan fingerprint density at radius 2 is 1.88 bits per heavy atom. The van der Waals surface area contributed by atoms with Gasteiger partial charge in [0.15, 0.2) is 0 Å². The molecule has 0 aliphatic rings. The lowest BCUT2D eigenvalue weighted by Crippen LogP contribution is -2.42. The van der Waals surface area contributed by atoms with Crippen molar-refractivity contribution in [3.05, 3.63) is 63.4 Å².